The third-order valence-corrected chi connectivity index (χ3v) is 4.93. The summed E-state index contributed by atoms with van der Waals surface area (Å²) >= 11 is 1.67. The molecule has 2 aromatic rings. The predicted molar refractivity (Wildman–Crippen MR) is 83.6 cm³/mol. The number of aromatic nitrogens is 3. The van der Waals surface area contributed by atoms with Crippen LogP contribution in [0.3, 0.4) is 0 Å². The van der Waals surface area contributed by atoms with E-state index < -0.39 is 0 Å². The van der Waals surface area contributed by atoms with Crippen LogP contribution in [0.4, 0.5) is 0 Å². The van der Waals surface area contributed by atoms with Crippen LogP contribution in [0.2, 0.25) is 0 Å². The largest absolute Gasteiger partial charge is 0.330 e. The van der Waals surface area contributed by atoms with Crippen molar-refractivity contribution in [3.63, 3.8) is 0 Å². The number of hydrogen-bond donors (Lipinski definition) is 1. The lowest BCUT2D eigenvalue weighted by Gasteiger charge is -2.26. The quantitative estimate of drug-likeness (QED) is 0.871. The smallest absolute Gasteiger partial charge is 0.275 e. The molecule has 0 saturated heterocycles. The Morgan fingerprint density at radius 2 is 2.23 bits per heavy atom. The van der Waals surface area contributed by atoms with Crippen molar-refractivity contribution in [1.29, 1.82) is 0 Å². The lowest BCUT2D eigenvalue weighted by atomic mass is 10.0. The summed E-state index contributed by atoms with van der Waals surface area (Å²) in [7, 11) is 0. The molecule has 2 aliphatic heterocycles. The molecule has 2 aliphatic rings. The van der Waals surface area contributed by atoms with Gasteiger partial charge in [0.05, 0.1) is 6.54 Å². The second-order valence-electron chi connectivity index (χ2n) is 5.60. The molecule has 0 atom stereocenters. The number of thiazole rings is 1. The van der Waals surface area contributed by atoms with Gasteiger partial charge in [-0.15, -0.1) is 11.3 Å². The molecule has 7 heteroatoms. The minimum Gasteiger partial charge on any atom is -0.330 e. The third kappa shape index (κ3) is 2.46. The van der Waals surface area contributed by atoms with Crippen LogP contribution < -0.4 is 0 Å². The molecular formula is C15H17N5OS. The highest BCUT2D eigenvalue weighted by Crippen LogP contribution is 2.23. The van der Waals surface area contributed by atoms with E-state index in [0.717, 1.165) is 42.3 Å². The summed E-state index contributed by atoms with van der Waals surface area (Å²) in [5, 5.41) is 10.5. The Kier molecular flexibility index (Phi) is 3.51. The molecule has 0 aliphatic carbocycles. The number of carbonyl (C=O) groups is 1. The molecule has 2 aromatic heterocycles. The zero-order valence-electron chi connectivity index (χ0n) is 12.2. The highest BCUT2D eigenvalue weighted by molar-refractivity contribution is 7.09. The summed E-state index contributed by atoms with van der Waals surface area (Å²) in [5.74, 6) is 0.0265. The van der Waals surface area contributed by atoms with Crippen LogP contribution in [0.15, 0.2) is 23.7 Å². The van der Waals surface area contributed by atoms with Gasteiger partial charge >= 0.3 is 0 Å². The van der Waals surface area contributed by atoms with Crippen LogP contribution in [0.25, 0.3) is 0 Å². The Balaban J connectivity index is 1.53. The van der Waals surface area contributed by atoms with E-state index >= 15 is 0 Å². The molecule has 0 spiro atoms. The summed E-state index contributed by atoms with van der Waals surface area (Å²) in [6.07, 6.45) is 6.78. The SMILES string of the molecule is O=C(c1n[nH]c2c1CN(Cc1nccs1)CC2)N1CC=CC1. The zero-order valence-corrected chi connectivity index (χ0v) is 13.0. The minimum absolute atomic E-state index is 0.0265. The maximum absolute atomic E-state index is 12.6. The first-order valence-corrected chi connectivity index (χ1v) is 8.30. The molecule has 114 valence electrons. The summed E-state index contributed by atoms with van der Waals surface area (Å²) in [4.78, 5) is 21.1. The number of H-pyrrole nitrogens is 1. The van der Waals surface area contributed by atoms with E-state index in [1.807, 2.05) is 28.6 Å². The average Bonchev–Trinajstić information content (AvgIpc) is 3.28. The van der Waals surface area contributed by atoms with E-state index in [2.05, 4.69) is 20.1 Å². The molecule has 1 amide bonds. The summed E-state index contributed by atoms with van der Waals surface area (Å²) in [6.45, 7) is 3.93. The zero-order chi connectivity index (χ0) is 14.9. The summed E-state index contributed by atoms with van der Waals surface area (Å²) in [5.41, 5.74) is 2.74. The maximum Gasteiger partial charge on any atom is 0.275 e. The standard InChI is InChI=1S/C15H17N5OS/c21-15(20-5-1-2-6-20)14-11-9-19(7-3-12(11)17-18-14)10-13-16-4-8-22-13/h1-2,4,8H,3,5-7,9-10H2,(H,17,18). The van der Waals surface area contributed by atoms with Gasteiger partial charge in [-0.05, 0) is 0 Å². The van der Waals surface area contributed by atoms with E-state index in [1.54, 1.807) is 11.3 Å². The van der Waals surface area contributed by atoms with Gasteiger partial charge in [-0.1, -0.05) is 12.2 Å². The molecule has 0 radical (unpaired) electrons. The van der Waals surface area contributed by atoms with Crippen molar-refractivity contribution in [1.82, 2.24) is 25.0 Å². The van der Waals surface area contributed by atoms with Crippen LogP contribution in [-0.2, 0) is 19.5 Å². The van der Waals surface area contributed by atoms with Crippen molar-refractivity contribution in [2.45, 2.75) is 19.5 Å². The highest BCUT2D eigenvalue weighted by Gasteiger charge is 2.28. The number of rotatable bonds is 3. The van der Waals surface area contributed by atoms with Gasteiger partial charge in [-0.2, -0.15) is 5.10 Å². The number of hydrogen-bond acceptors (Lipinski definition) is 5. The molecule has 0 aromatic carbocycles. The van der Waals surface area contributed by atoms with Gasteiger partial charge < -0.3 is 4.90 Å². The first-order chi connectivity index (χ1) is 10.8. The Morgan fingerprint density at radius 1 is 1.36 bits per heavy atom. The Bertz CT molecular complexity index is 698. The second kappa shape index (κ2) is 5.66. The molecule has 0 unspecified atom stereocenters. The number of nitrogens with one attached hydrogen (secondary N) is 1. The van der Waals surface area contributed by atoms with E-state index in [0.29, 0.717) is 18.8 Å². The van der Waals surface area contributed by atoms with Crippen LogP contribution in [0, 0.1) is 0 Å². The van der Waals surface area contributed by atoms with Gasteiger partial charge in [0.2, 0.25) is 0 Å². The van der Waals surface area contributed by atoms with Gasteiger partial charge in [-0.3, -0.25) is 14.8 Å². The first-order valence-electron chi connectivity index (χ1n) is 7.42. The van der Waals surface area contributed by atoms with Crippen molar-refractivity contribution in [3.05, 3.63) is 45.7 Å². The van der Waals surface area contributed by atoms with Crippen molar-refractivity contribution in [3.8, 4) is 0 Å². The number of carbonyl (C=O) groups excluding carboxylic acids is 1. The van der Waals surface area contributed by atoms with Crippen molar-refractivity contribution < 1.29 is 4.79 Å². The molecule has 6 nitrogen and oxygen atoms in total. The van der Waals surface area contributed by atoms with Crippen LogP contribution in [-0.4, -0.2) is 50.5 Å². The molecule has 4 rings (SSSR count). The van der Waals surface area contributed by atoms with Crippen molar-refractivity contribution in [2.75, 3.05) is 19.6 Å². The van der Waals surface area contributed by atoms with Crippen molar-refractivity contribution in [2.24, 2.45) is 0 Å². The number of nitrogens with zero attached hydrogens (tertiary/aromatic N) is 4. The lowest BCUT2D eigenvalue weighted by molar-refractivity contribution is 0.0791. The molecule has 0 saturated carbocycles. The van der Waals surface area contributed by atoms with Crippen LogP contribution in [0.5, 0.6) is 0 Å². The van der Waals surface area contributed by atoms with Gasteiger partial charge in [0.25, 0.3) is 5.91 Å². The fraction of sp³-hybridized carbons (Fsp3) is 0.400. The topological polar surface area (TPSA) is 65.1 Å². The molecule has 1 N–H and O–H groups in total. The van der Waals surface area contributed by atoms with E-state index in [-0.39, 0.29) is 5.91 Å². The average molecular weight is 315 g/mol. The van der Waals surface area contributed by atoms with Gasteiger partial charge in [0.15, 0.2) is 5.69 Å². The molecule has 0 bridgehead atoms. The molecule has 4 heterocycles. The number of aromatic amines is 1. The predicted octanol–water partition coefficient (Wildman–Crippen LogP) is 1.44. The Labute approximate surface area is 132 Å². The fourth-order valence-corrected chi connectivity index (χ4v) is 3.64. The van der Waals surface area contributed by atoms with Crippen LogP contribution >= 0.6 is 11.3 Å². The summed E-state index contributed by atoms with van der Waals surface area (Å²) in [6, 6.07) is 0. The van der Waals surface area contributed by atoms with Gasteiger partial charge in [0, 0.05) is 55.4 Å². The van der Waals surface area contributed by atoms with E-state index in [1.165, 1.54) is 0 Å². The highest BCUT2D eigenvalue weighted by atomic mass is 32.1. The fourth-order valence-electron chi connectivity index (χ4n) is 2.98. The van der Waals surface area contributed by atoms with Crippen LogP contribution in [0.1, 0.15) is 26.8 Å². The molecule has 0 fully saturated rings. The number of amides is 1. The minimum atomic E-state index is 0.0265. The van der Waals surface area contributed by atoms with Gasteiger partial charge in [-0.25, -0.2) is 4.98 Å². The molecule has 22 heavy (non-hydrogen) atoms. The third-order valence-electron chi connectivity index (χ3n) is 4.16. The Morgan fingerprint density at radius 3 is 3.00 bits per heavy atom. The Hall–Kier alpha value is -1.99. The maximum atomic E-state index is 12.6. The number of fused-ring (bicyclic) bond motifs is 1. The van der Waals surface area contributed by atoms with E-state index in [4.69, 9.17) is 0 Å². The molecular weight excluding hydrogens is 298 g/mol. The second-order valence-corrected chi connectivity index (χ2v) is 6.58. The monoisotopic (exact) mass is 315 g/mol. The van der Waals surface area contributed by atoms with E-state index in [9.17, 15) is 4.79 Å². The lowest BCUT2D eigenvalue weighted by Crippen LogP contribution is -2.33. The summed E-state index contributed by atoms with van der Waals surface area (Å²) < 4.78 is 0. The first kappa shape index (κ1) is 13.7. The van der Waals surface area contributed by atoms with Gasteiger partial charge in [0.1, 0.15) is 5.01 Å². The normalized spacial score (nSPS) is 17.9. The van der Waals surface area contributed by atoms with Crippen molar-refractivity contribution >= 4 is 17.2 Å².